The predicted octanol–water partition coefficient (Wildman–Crippen LogP) is 1.42. The van der Waals surface area contributed by atoms with Crippen molar-refractivity contribution in [1.29, 1.82) is 5.26 Å². The van der Waals surface area contributed by atoms with Crippen LogP contribution in [-0.4, -0.2) is 53.2 Å². The predicted molar refractivity (Wildman–Crippen MR) is 88.8 cm³/mol. The molecule has 2 aliphatic rings. The van der Waals surface area contributed by atoms with Crippen molar-refractivity contribution in [2.24, 2.45) is 15.8 Å². The standard InChI is InChI=1S/C16H16F2N6O2/c17-15(18)26-11-5-3-10(4-6-11)21-16(20)24-9-13(12(8-19)22-24)23-7-1-2-14(23)25/h3-6,13,15H,1-2,7,9H2,(H2,20,21). The van der Waals surface area contributed by atoms with Crippen molar-refractivity contribution in [3.8, 4) is 11.8 Å². The summed E-state index contributed by atoms with van der Waals surface area (Å²) in [7, 11) is 0. The number of halogens is 2. The Bertz CT molecular complexity index is 787. The third kappa shape index (κ3) is 3.72. The fraction of sp³-hybridized carbons (Fsp3) is 0.375. The van der Waals surface area contributed by atoms with Gasteiger partial charge in [-0.2, -0.15) is 19.1 Å². The second-order valence-electron chi connectivity index (χ2n) is 5.73. The van der Waals surface area contributed by atoms with Gasteiger partial charge in [-0.05, 0) is 30.7 Å². The molecular weight excluding hydrogens is 346 g/mol. The largest absolute Gasteiger partial charge is 0.435 e. The second-order valence-corrected chi connectivity index (χ2v) is 5.73. The van der Waals surface area contributed by atoms with Crippen LogP contribution < -0.4 is 10.5 Å². The van der Waals surface area contributed by atoms with Crippen LogP contribution in [0.15, 0.2) is 34.4 Å². The number of amides is 1. The average molecular weight is 362 g/mol. The minimum atomic E-state index is -2.90. The Morgan fingerprint density at radius 2 is 2.15 bits per heavy atom. The van der Waals surface area contributed by atoms with E-state index in [4.69, 9.17) is 5.73 Å². The minimum absolute atomic E-state index is 0.00932. The highest BCUT2D eigenvalue weighted by atomic mass is 19.3. The molecule has 1 saturated heterocycles. The van der Waals surface area contributed by atoms with E-state index in [0.29, 0.717) is 18.7 Å². The zero-order chi connectivity index (χ0) is 18.7. The summed E-state index contributed by atoms with van der Waals surface area (Å²) >= 11 is 0. The number of nitriles is 1. The van der Waals surface area contributed by atoms with Crippen molar-refractivity contribution >= 4 is 23.3 Å². The molecule has 0 saturated carbocycles. The van der Waals surface area contributed by atoms with E-state index in [0.717, 1.165) is 6.42 Å². The quantitative estimate of drug-likeness (QED) is 0.644. The molecule has 0 aliphatic carbocycles. The number of carbonyl (C=O) groups is 1. The Morgan fingerprint density at radius 3 is 2.73 bits per heavy atom. The fourth-order valence-corrected chi connectivity index (χ4v) is 2.87. The van der Waals surface area contributed by atoms with Gasteiger partial charge in [0.2, 0.25) is 11.9 Å². The number of ether oxygens (including phenoxy) is 1. The lowest BCUT2D eigenvalue weighted by atomic mass is 10.2. The first kappa shape index (κ1) is 17.6. The first-order chi connectivity index (χ1) is 12.5. The summed E-state index contributed by atoms with van der Waals surface area (Å²) in [5, 5.41) is 14.8. The van der Waals surface area contributed by atoms with Gasteiger partial charge in [-0.1, -0.05) is 0 Å². The van der Waals surface area contributed by atoms with Crippen molar-refractivity contribution in [1.82, 2.24) is 9.91 Å². The molecule has 1 aromatic carbocycles. The van der Waals surface area contributed by atoms with Crippen molar-refractivity contribution in [3.63, 3.8) is 0 Å². The summed E-state index contributed by atoms with van der Waals surface area (Å²) in [4.78, 5) is 17.7. The Labute approximate surface area is 148 Å². The van der Waals surface area contributed by atoms with Crippen LogP contribution in [0.1, 0.15) is 12.8 Å². The lowest BCUT2D eigenvalue weighted by Gasteiger charge is -2.23. The molecule has 0 spiro atoms. The number of nitrogens with two attached hydrogens (primary N) is 1. The number of nitrogens with zero attached hydrogens (tertiary/aromatic N) is 5. The molecule has 1 fully saturated rings. The first-order valence-corrected chi connectivity index (χ1v) is 7.92. The maximum absolute atomic E-state index is 12.2. The highest BCUT2D eigenvalue weighted by Gasteiger charge is 2.37. The van der Waals surface area contributed by atoms with Crippen LogP contribution in [-0.2, 0) is 4.79 Å². The van der Waals surface area contributed by atoms with Gasteiger partial charge in [0.1, 0.15) is 17.9 Å². The SMILES string of the molecule is N#CC1=NN(C(N)=Nc2ccc(OC(F)F)cc2)CC1N1CCCC1=O. The summed E-state index contributed by atoms with van der Waals surface area (Å²) in [6, 6.07) is 7.19. The normalized spacial score (nSPS) is 20.5. The van der Waals surface area contributed by atoms with Gasteiger partial charge in [-0.15, -0.1) is 0 Å². The summed E-state index contributed by atoms with van der Waals surface area (Å²) in [6.45, 7) is -2.07. The maximum Gasteiger partial charge on any atom is 0.387 e. The lowest BCUT2D eigenvalue weighted by molar-refractivity contribution is -0.128. The summed E-state index contributed by atoms with van der Waals surface area (Å²) in [5.74, 6) is 0.0374. The van der Waals surface area contributed by atoms with Gasteiger partial charge < -0.3 is 15.4 Å². The molecule has 2 aliphatic heterocycles. The van der Waals surface area contributed by atoms with Crippen molar-refractivity contribution < 1.29 is 18.3 Å². The molecule has 0 aromatic heterocycles. The van der Waals surface area contributed by atoms with Crippen molar-refractivity contribution in [2.75, 3.05) is 13.1 Å². The molecule has 8 nitrogen and oxygen atoms in total. The lowest BCUT2D eigenvalue weighted by Crippen LogP contribution is -2.44. The highest BCUT2D eigenvalue weighted by Crippen LogP contribution is 2.22. The fourth-order valence-electron chi connectivity index (χ4n) is 2.87. The number of alkyl halides is 2. The van der Waals surface area contributed by atoms with Gasteiger partial charge in [0.15, 0.2) is 5.71 Å². The Morgan fingerprint density at radius 1 is 1.42 bits per heavy atom. The van der Waals surface area contributed by atoms with Crippen LogP contribution in [0.3, 0.4) is 0 Å². The van der Waals surface area contributed by atoms with E-state index in [1.807, 2.05) is 6.07 Å². The maximum atomic E-state index is 12.2. The number of benzene rings is 1. The van der Waals surface area contributed by atoms with E-state index < -0.39 is 12.7 Å². The van der Waals surface area contributed by atoms with Crippen molar-refractivity contribution in [3.05, 3.63) is 24.3 Å². The molecule has 26 heavy (non-hydrogen) atoms. The van der Waals surface area contributed by atoms with E-state index >= 15 is 0 Å². The van der Waals surface area contributed by atoms with E-state index in [9.17, 15) is 18.8 Å². The van der Waals surface area contributed by atoms with E-state index in [-0.39, 0.29) is 29.9 Å². The molecule has 1 unspecified atom stereocenters. The van der Waals surface area contributed by atoms with Gasteiger partial charge in [-0.3, -0.25) is 4.79 Å². The van der Waals surface area contributed by atoms with Crippen LogP contribution in [0.2, 0.25) is 0 Å². The minimum Gasteiger partial charge on any atom is -0.435 e. The molecule has 136 valence electrons. The summed E-state index contributed by atoms with van der Waals surface area (Å²) < 4.78 is 28.6. The molecule has 3 rings (SSSR count). The van der Waals surface area contributed by atoms with Gasteiger partial charge in [0.05, 0.1) is 12.2 Å². The monoisotopic (exact) mass is 362 g/mol. The number of carbonyl (C=O) groups excluding carboxylic acids is 1. The van der Waals surface area contributed by atoms with Gasteiger partial charge in [0, 0.05) is 13.0 Å². The van der Waals surface area contributed by atoms with Crippen molar-refractivity contribution in [2.45, 2.75) is 25.5 Å². The Balaban J connectivity index is 1.72. The van der Waals surface area contributed by atoms with Crippen LogP contribution >= 0.6 is 0 Å². The van der Waals surface area contributed by atoms with Gasteiger partial charge in [0.25, 0.3) is 0 Å². The second kappa shape index (κ2) is 7.35. The zero-order valence-electron chi connectivity index (χ0n) is 13.7. The average Bonchev–Trinajstić information content (AvgIpc) is 3.21. The highest BCUT2D eigenvalue weighted by molar-refractivity contribution is 6.06. The molecule has 1 amide bonds. The van der Waals surface area contributed by atoms with Gasteiger partial charge in [-0.25, -0.2) is 10.0 Å². The number of likely N-dealkylation sites (tertiary alicyclic amines) is 1. The molecule has 10 heteroatoms. The van der Waals surface area contributed by atoms with Crippen LogP contribution in [0.4, 0.5) is 14.5 Å². The molecule has 1 atom stereocenters. The smallest absolute Gasteiger partial charge is 0.387 e. The van der Waals surface area contributed by atoms with Gasteiger partial charge >= 0.3 is 6.61 Å². The molecular formula is C16H16F2N6O2. The third-order valence-electron chi connectivity index (χ3n) is 4.06. The molecule has 1 aromatic rings. The van der Waals surface area contributed by atoms with Crippen LogP contribution in [0.25, 0.3) is 0 Å². The van der Waals surface area contributed by atoms with Crippen LogP contribution in [0.5, 0.6) is 5.75 Å². The Kier molecular flexibility index (Phi) is 4.97. The van der Waals surface area contributed by atoms with Crippen LogP contribution in [0, 0.1) is 11.3 Å². The number of hydrazone groups is 1. The number of hydrogen-bond donors (Lipinski definition) is 1. The molecule has 2 heterocycles. The third-order valence-corrected chi connectivity index (χ3v) is 4.06. The molecule has 0 radical (unpaired) electrons. The molecule has 0 bridgehead atoms. The van der Waals surface area contributed by atoms with E-state index in [2.05, 4.69) is 14.8 Å². The summed E-state index contributed by atoms with van der Waals surface area (Å²) in [5.41, 5.74) is 6.57. The number of rotatable bonds is 4. The molecule has 2 N–H and O–H groups in total. The number of aliphatic imine (C=N–C) groups is 1. The summed E-state index contributed by atoms with van der Waals surface area (Å²) in [6.07, 6.45) is 1.22. The number of hydrogen-bond acceptors (Lipinski definition) is 5. The first-order valence-electron chi connectivity index (χ1n) is 7.92. The van der Waals surface area contributed by atoms with E-state index in [1.165, 1.54) is 29.3 Å². The topological polar surface area (TPSA) is 107 Å². The zero-order valence-corrected chi connectivity index (χ0v) is 13.7. The van der Waals surface area contributed by atoms with E-state index in [1.54, 1.807) is 4.90 Å². The number of guanidine groups is 1. The Hall–Kier alpha value is -3.22.